The molecule has 4 nitrogen and oxygen atoms in total. The van der Waals surface area contributed by atoms with Crippen LogP contribution in [-0.4, -0.2) is 39.6 Å². The minimum atomic E-state index is 0.295. The van der Waals surface area contributed by atoms with Crippen LogP contribution in [-0.2, 0) is 0 Å². The fourth-order valence-electron chi connectivity index (χ4n) is 1.40. The number of thiocarbonyl (C=S) groups is 1. The van der Waals surface area contributed by atoms with Gasteiger partial charge in [0.15, 0.2) is 0 Å². The Morgan fingerprint density at radius 2 is 2.07 bits per heavy atom. The van der Waals surface area contributed by atoms with Gasteiger partial charge in [-0.3, -0.25) is 0 Å². The summed E-state index contributed by atoms with van der Waals surface area (Å²) in [6, 6.07) is 0. The van der Waals surface area contributed by atoms with Crippen LogP contribution in [0.25, 0.3) is 0 Å². The topological polar surface area (TPSA) is 55.0 Å². The number of nitrogens with zero attached hydrogens (tertiary/aromatic N) is 3. The Morgan fingerprint density at radius 3 is 2.60 bits per heavy atom. The van der Waals surface area contributed by atoms with Gasteiger partial charge in [0.05, 0.1) is 12.4 Å². The van der Waals surface area contributed by atoms with E-state index >= 15 is 0 Å². The average molecular weight is 240 g/mol. The van der Waals surface area contributed by atoms with Crippen molar-refractivity contribution in [3.8, 4) is 0 Å². The molecule has 1 aromatic rings. The maximum atomic E-state index is 5.45. The zero-order valence-corrected chi connectivity index (χ0v) is 9.85. The van der Waals surface area contributed by atoms with Gasteiger partial charge in [-0.2, -0.15) is 11.8 Å². The largest absolute Gasteiger partial charge is 0.388 e. The third-order valence-electron chi connectivity index (χ3n) is 2.23. The molecule has 15 heavy (non-hydrogen) atoms. The van der Waals surface area contributed by atoms with Crippen LogP contribution in [0.3, 0.4) is 0 Å². The molecule has 1 aromatic heterocycles. The predicted molar refractivity (Wildman–Crippen MR) is 67.5 cm³/mol. The minimum absolute atomic E-state index is 0.295. The van der Waals surface area contributed by atoms with Crippen molar-refractivity contribution in [2.24, 2.45) is 5.73 Å². The van der Waals surface area contributed by atoms with E-state index in [4.69, 9.17) is 18.0 Å². The molecule has 2 rings (SSSR count). The number of thioether (sulfide) groups is 1. The van der Waals surface area contributed by atoms with E-state index in [2.05, 4.69) is 14.9 Å². The fourth-order valence-corrected chi connectivity index (χ4v) is 2.41. The molecule has 0 bridgehead atoms. The number of anilines is 1. The molecule has 0 saturated carbocycles. The summed E-state index contributed by atoms with van der Waals surface area (Å²) >= 11 is 6.79. The Bertz CT molecular complexity index is 346. The van der Waals surface area contributed by atoms with Crippen LogP contribution in [0, 0.1) is 0 Å². The average Bonchev–Trinajstić information content (AvgIpc) is 2.30. The van der Waals surface area contributed by atoms with Gasteiger partial charge < -0.3 is 10.6 Å². The molecular formula is C9H12N4S2. The summed E-state index contributed by atoms with van der Waals surface area (Å²) in [6.45, 7) is 2.07. The van der Waals surface area contributed by atoms with Crippen LogP contribution in [0.5, 0.6) is 0 Å². The summed E-state index contributed by atoms with van der Waals surface area (Å²) in [6.07, 6.45) is 3.38. The lowest BCUT2D eigenvalue weighted by atomic mass is 10.4. The van der Waals surface area contributed by atoms with Crippen LogP contribution in [0.4, 0.5) is 5.82 Å². The smallest absolute Gasteiger partial charge is 0.147 e. The third kappa shape index (κ3) is 2.57. The first-order chi connectivity index (χ1) is 7.27. The monoisotopic (exact) mass is 240 g/mol. The quantitative estimate of drug-likeness (QED) is 0.767. The number of rotatable bonds is 2. The Kier molecular flexibility index (Phi) is 3.37. The zero-order valence-electron chi connectivity index (χ0n) is 8.22. The molecule has 6 heteroatoms. The predicted octanol–water partition coefficient (Wildman–Crippen LogP) is 0.664. The van der Waals surface area contributed by atoms with Gasteiger partial charge >= 0.3 is 0 Å². The Morgan fingerprint density at radius 1 is 1.33 bits per heavy atom. The van der Waals surface area contributed by atoms with Crippen molar-refractivity contribution >= 4 is 34.8 Å². The third-order valence-corrected chi connectivity index (χ3v) is 3.38. The molecule has 2 heterocycles. The molecule has 0 aliphatic carbocycles. The summed E-state index contributed by atoms with van der Waals surface area (Å²) in [5, 5.41) is 0. The van der Waals surface area contributed by atoms with Crippen LogP contribution in [0.2, 0.25) is 0 Å². The van der Waals surface area contributed by atoms with Gasteiger partial charge in [0, 0.05) is 24.6 Å². The first kappa shape index (κ1) is 10.6. The van der Waals surface area contributed by atoms with E-state index in [0.717, 1.165) is 30.4 Å². The van der Waals surface area contributed by atoms with E-state index in [9.17, 15) is 0 Å². The number of nitrogens with two attached hydrogens (primary N) is 1. The second kappa shape index (κ2) is 4.76. The Hall–Kier alpha value is -0.880. The zero-order chi connectivity index (χ0) is 10.7. The molecule has 0 spiro atoms. The van der Waals surface area contributed by atoms with Crippen molar-refractivity contribution in [1.29, 1.82) is 0 Å². The van der Waals surface area contributed by atoms with E-state index in [1.165, 1.54) is 0 Å². The number of hydrogen-bond donors (Lipinski definition) is 1. The summed E-state index contributed by atoms with van der Waals surface area (Å²) < 4.78 is 0. The number of hydrogen-bond acceptors (Lipinski definition) is 5. The van der Waals surface area contributed by atoms with Gasteiger partial charge in [0.1, 0.15) is 16.5 Å². The Balaban J connectivity index is 2.11. The first-order valence-electron chi connectivity index (χ1n) is 4.72. The minimum Gasteiger partial charge on any atom is -0.388 e. The molecule has 0 atom stereocenters. The highest BCUT2D eigenvalue weighted by Gasteiger charge is 2.12. The molecule has 0 radical (unpaired) electrons. The Labute approximate surface area is 98.3 Å². The van der Waals surface area contributed by atoms with Crippen molar-refractivity contribution in [3.63, 3.8) is 0 Å². The summed E-state index contributed by atoms with van der Waals surface area (Å²) in [7, 11) is 0. The molecule has 80 valence electrons. The highest BCUT2D eigenvalue weighted by atomic mass is 32.2. The molecule has 1 saturated heterocycles. The molecule has 1 aliphatic heterocycles. The van der Waals surface area contributed by atoms with Gasteiger partial charge in [-0.05, 0) is 0 Å². The van der Waals surface area contributed by atoms with Gasteiger partial charge in [-0.1, -0.05) is 12.2 Å². The second-order valence-corrected chi connectivity index (χ2v) is 4.89. The standard InChI is InChI=1S/C9H12N4S2/c10-9(14)7-5-12-8(6-11-7)13-1-3-15-4-2-13/h5-6H,1-4H2,(H2,10,14). The van der Waals surface area contributed by atoms with Gasteiger partial charge in [-0.25, -0.2) is 9.97 Å². The lowest BCUT2D eigenvalue weighted by Gasteiger charge is -2.26. The highest BCUT2D eigenvalue weighted by molar-refractivity contribution is 7.99. The fraction of sp³-hybridized carbons (Fsp3) is 0.444. The maximum Gasteiger partial charge on any atom is 0.147 e. The SMILES string of the molecule is NC(=S)c1cnc(N2CCSCC2)cn1. The van der Waals surface area contributed by atoms with Crippen molar-refractivity contribution in [2.75, 3.05) is 29.5 Å². The molecule has 0 unspecified atom stereocenters. The van der Waals surface area contributed by atoms with E-state index in [1.807, 2.05) is 11.8 Å². The number of aromatic nitrogens is 2. The summed E-state index contributed by atoms with van der Waals surface area (Å²) in [5.74, 6) is 3.22. The van der Waals surface area contributed by atoms with Gasteiger partial charge in [0.2, 0.25) is 0 Å². The molecule has 0 amide bonds. The molecule has 1 fully saturated rings. The lowest BCUT2D eigenvalue weighted by molar-refractivity contribution is 0.833. The van der Waals surface area contributed by atoms with Crippen molar-refractivity contribution in [2.45, 2.75) is 0 Å². The van der Waals surface area contributed by atoms with Crippen LogP contribution in [0.15, 0.2) is 12.4 Å². The van der Waals surface area contributed by atoms with Crippen LogP contribution >= 0.6 is 24.0 Å². The van der Waals surface area contributed by atoms with Crippen molar-refractivity contribution in [1.82, 2.24) is 9.97 Å². The molecule has 2 N–H and O–H groups in total. The lowest BCUT2D eigenvalue weighted by Crippen LogP contribution is -2.33. The molecular weight excluding hydrogens is 228 g/mol. The van der Waals surface area contributed by atoms with E-state index in [-0.39, 0.29) is 0 Å². The van der Waals surface area contributed by atoms with E-state index < -0.39 is 0 Å². The van der Waals surface area contributed by atoms with Gasteiger partial charge in [-0.15, -0.1) is 0 Å². The molecule has 1 aliphatic rings. The summed E-state index contributed by atoms with van der Waals surface area (Å²) in [4.78, 5) is 11.0. The van der Waals surface area contributed by atoms with Gasteiger partial charge in [0.25, 0.3) is 0 Å². The van der Waals surface area contributed by atoms with Crippen LogP contribution < -0.4 is 10.6 Å². The summed E-state index contributed by atoms with van der Waals surface area (Å²) in [5.41, 5.74) is 6.04. The van der Waals surface area contributed by atoms with Crippen molar-refractivity contribution < 1.29 is 0 Å². The molecule has 0 aromatic carbocycles. The highest BCUT2D eigenvalue weighted by Crippen LogP contribution is 2.15. The van der Waals surface area contributed by atoms with Crippen molar-refractivity contribution in [3.05, 3.63) is 18.1 Å². The van der Waals surface area contributed by atoms with E-state index in [0.29, 0.717) is 10.7 Å². The maximum absolute atomic E-state index is 5.45. The second-order valence-electron chi connectivity index (χ2n) is 3.22. The first-order valence-corrected chi connectivity index (χ1v) is 6.28. The normalized spacial score (nSPS) is 16.4. The van der Waals surface area contributed by atoms with E-state index in [1.54, 1.807) is 12.4 Å². The van der Waals surface area contributed by atoms with Crippen LogP contribution in [0.1, 0.15) is 5.69 Å².